The van der Waals surface area contributed by atoms with E-state index in [9.17, 15) is 4.79 Å². The Kier molecular flexibility index (Phi) is 6.24. The second-order valence-corrected chi connectivity index (χ2v) is 7.40. The molecule has 0 unspecified atom stereocenters. The number of hydrogen-bond acceptors (Lipinski definition) is 4. The van der Waals surface area contributed by atoms with E-state index in [1.54, 1.807) is 6.07 Å². The number of carbonyl (C=O) groups excluding carboxylic acids is 1. The van der Waals surface area contributed by atoms with Crippen molar-refractivity contribution in [3.05, 3.63) is 52.5 Å². The third-order valence-corrected chi connectivity index (χ3v) is 5.29. The lowest BCUT2D eigenvalue weighted by Crippen LogP contribution is -2.44. The van der Waals surface area contributed by atoms with Gasteiger partial charge in [-0.05, 0) is 56.3 Å². The lowest BCUT2D eigenvalue weighted by Gasteiger charge is -2.34. The molecular formula is C21H26ClN3O2. The van der Waals surface area contributed by atoms with Gasteiger partial charge in [-0.25, -0.2) is 0 Å². The minimum Gasteiger partial charge on any atom is -0.483 e. The Morgan fingerprint density at radius 3 is 2.59 bits per heavy atom. The molecule has 0 aliphatic carbocycles. The molecule has 1 aliphatic heterocycles. The van der Waals surface area contributed by atoms with E-state index in [-0.39, 0.29) is 12.5 Å². The van der Waals surface area contributed by atoms with E-state index in [1.807, 2.05) is 44.2 Å². The summed E-state index contributed by atoms with van der Waals surface area (Å²) in [4.78, 5) is 16.8. The number of likely N-dealkylation sites (N-methyl/N-ethyl adjacent to an activating group) is 1. The highest BCUT2D eigenvalue weighted by Gasteiger charge is 2.17. The summed E-state index contributed by atoms with van der Waals surface area (Å²) in [7, 11) is 2.12. The van der Waals surface area contributed by atoms with Crippen LogP contribution in [0.15, 0.2) is 36.4 Å². The maximum atomic E-state index is 12.2. The van der Waals surface area contributed by atoms with E-state index >= 15 is 0 Å². The number of aryl methyl sites for hydroxylation is 1. The summed E-state index contributed by atoms with van der Waals surface area (Å²) in [5, 5.41) is 3.50. The summed E-state index contributed by atoms with van der Waals surface area (Å²) in [6.45, 7) is 7.90. The van der Waals surface area contributed by atoms with Crippen LogP contribution < -0.4 is 15.0 Å². The van der Waals surface area contributed by atoms with E-state index in [2.05, 4.69) is 22.2 Å². The van der Waals surface area contributed by atoms with Crippen LogP contribution in [0.5, 0.6) is 5.75 Å². The SMILES string of the molecule is Cc1cccc(OCC(=O)Nc2ccc(N3CCN(C)CC3)c(Cl)c2)c1C. The van der Waals surface area contributed by atoms with Crippen LogP contribution in [-0.4, -0.2) is 50.6 Å². The molecule has 0 atom stereocenters. The summed E-state index contributed by atoms with van der Waals surface area (Å²) < 4.78 is 5.65. The molecule has 0 radical (unpaired) electrons. The normalized spacial score (nSPS) is 14.9. The van der Waals surface area contributed by atoms with Crippen LogP contribution in [-0.2, 0) is 4.79 Å². The maximum absolute atomic E-state index is 12.2. The fraction of sp³-hybridized carbons (Fsp3) is 0.381. The number of halogens is 1. The van der Waals surface area contributed by atoms with Gasteiger partial charge in [0, 0.05) is 31.9 Å². The Labute approximate surface area is 165 Å². The Bertz CT molecular complexity index is 817. The van der Waals surface area contributed by atoms with Crippen LogP contribution in [0.4, 0.5) is 11.4 Å². The molecule has 1 saturated heterocycles. The second-order valence-electron chi connectivity index (χ2n) is 6.99. The van der Waals surface area contributed by atoms with Gasteiger partial charge in [0.2, 0.25) is 0 Å². The molecule has 0 aromatic heterocycles. The fourth-order valence-corrected chi connectivity index (χ4v) is 3.41. The smallest absolute Gasteiger partial charge is 0.262 e. The van der Waals surface area contributed by atoms with Gasteiger partial charge in [-0.15, -0.1) is 0 Å². The van der Waals surface area contributed by atoms with E-state index in [4.69, 9.17) is 16.3 Å². The van der Waals surface area contributed by atoms with Crippen LogP contribution in [0.3, 0.4) is 0 Å². The molecule has 0 saturated carbocycles. The fourth-order valence-electron chi connectivity index (χ4n) is 3.11. The molecule has 1 aliphatic rings. The Morgan fingerprint density at radius 2 is 1.89 bits per heavy atom. The largest absolute Gasteiger partial charge is 0.483 e. The van der Waals surface area contributed by atoms with Gasteiger partial charge in [0.25, 0.3) is 5.91 Å². The molecule has 1 fully saturated rings. The van der Waals surface area contributed by atoms with Crippen LogP contribution in [0.1, 0.15) is 11.1 Å². The lowest BCUT2D eigenvalue weighted by molar-refractivity contribution is -0.118. The van der Waals surface area contributed by atoms with E-state index in [1.165, 1.54) is 0 Å². The summed E-state index contributed by atoms with van der Waals surface area (Å²) >= 11 is 6.46. The first kappa shape index (κ1) is 19.5. The quantitative estimate of drug-likeness (QED) is 0.849. The monoisotopic (exact) mass is 387 g/mol. The number of nitrogens with zero attached hydrogens (tertiary/aromatic N) is 2. The summed E-state index contributed by atoms with van der Waals surface area (Å²) in [6.07, 6.45) is 0. The van der Waals surface area contributed by atoms with Crippen molar-refractivity contribution in [3.63, 3.8) is 0 Å². The summed E-state index contributed by atoms with van der Waals surface area (Å²) in [5.74, 6) is 0.521. The van der Waals surface area contributed by atoms with Gasteiger partial charge >= 0.3 is 0 Å². The van der Waals surface area contributed by atoms with Crippen molar-refractivity contribution in [2.75, 3.05) is 50.1 Å². The molecule has 144 valence electrons. The topological polar surface area (TPSA) is 44.8 Å². The van der Waals surface area contributed by atoms with Crippen LogP contribution in [0, 0.1) is 13.8 Å². The van der Waals surface area contributed by atoms with Gasteiger partial charge in [0.1, 0.15) is 5.75 Å². The summed E-state index contributed by atoms with van der Waals surface area (Å²) in [5.41, 5.74) is 3.87. The number of ether oxygens (including phenoxy) is 1. The third kappa shape index (κ3) is 4.93. The first-order valence-corrected chi connectivity index (χ1v) is 9.54. The molecule has 1 N–H and O–H groups in total. The molecule has 5 nitrogen and oxygen atoms in total. The number of benzene rings is 2. The van der Waals surface area contributed by atoms with Crippen molar-refractivity contribution in [2.24, 2.45) is 0 Å². The maximum Gasteiger partial charge on any atom is 0.262 e. The van der Waals surface area contributed by atoms with Gasteiger partial charge in [0.15, 0.2) is 6.61 Å². The number of piperazine rings is 1. The highest BCUT2D eigenvalue weighted by atomic mass is 35.5. The first-order valence-electron chi connectivity index (χ1n) is 9.16. The zero-order valence-corrected chi connectivity index (χ0v) is 16.8. The molecular weight excluding hydrogens is 362 g/mol. The highest BCUT2D eigenvalue weighted by Crippen LogP contribution is 2.29. The number of rotatable bonds is 5. The van der Waals surface area contributed by atoms with Crippen molar-refractivity contribution in [3.8, 4) is 5.75 Å². The number of amides is 1. The number of carbonyl (C=O) groups is 1. The predicted molar refractivity (Wildman–Crippen MR) is 111 cm³/mol. The van der Waals surface area contributed by atoms with Gasteiger partial charge in [-0.1, -0.05) is 23.7 Å². The lowest BCUT2D eigenvalue weighted by atomic mass is 10.1. The second kappa shape index (κ2) is 8.63. The number of anilines is 2. The molecule has 0 bridgehead atoms. The van der Waals surface area contributed by atoms with Crippen molar-refractivity contribution in [1.82, 2.24) is 4.90 Å². The zero-order valence-electron chi connectivity index (χ0n) is 16.1. The average molecular weight is 388 g/mol. The van der Waals surface area contributed by atoms with E-state index in [0.29, 0.717) is 10.7 Å². The molecule has 6 heteroatoms. The van der Waals surface area contributed by atoms with Crippen molar-refractivity contribution in [2.45, 2.75) is 13.8 Å². The van der Waals surface area contributed by atoms with Crippen LogP contribution in [0.2, 0.25) is 5.02 Å². The van der Waals surface area contributed by atoms with Crippen LogP contribution >= 0.6 is 11.6 Å². The molecule has 2 aromatic rings. The minimum atomic E-state index is -0.209. The average Bonchev–Trinajstić information content (AvgIpc) is 2.64. The molecule has 27 heavy (non-hydrogen) atoms. The first-order chi connectivity index (χ1) is 12.9. The van der Waals surface area contributed by atoms with Gasteiger partial charge in [-0.2, -0.15) is 0 Å². The third-order valence-electron chi connectivity index (χ3n) is 4.99. The van der Waals surface area contributed by atoms with E-state index in [0.717, 1.165) is 48.7 Å². The molecule has 1 heterocycles. The van der Waals surface area contributed by atoms with Crippen molar-refractivity contribution >= 4 is 28.9 Å². The zero-order chi connectivity index (χ0) is 19.4. The van der Waals surface area contributed by atoms with Crippen molar-refractivity contribution in [1.29, 1.82) is 0 Å². The van der Waals surface area contributed by atoms with E-state index < -0.39 is 0 Å². The molecule has 2 aromatic carbocycles. The van der Waals surface area contributed by atoms with Gasteiger partial charge < -0.3 is 19.9 Å². The Hall–Kier alpha value is -2.24. The molecule has 3 rings (SSSR count). The minimum absolute atomic E-state index is 0.0396. The standard InChI is InChI=1S/C21H26ClN3O2/c1-15-5-4-6-20(16(15)2)27-14-21(26)23-17-7-8-19(18(22)13-17)25-11-9-24(3)10-12-25/h4-8,13H,9-12,14H2,1-3H3,(H,23,26). The number of hydrogen-bond donors (Lipinski definition) is 1. The van der Waals surface area contributed by atoms with Crippen LogP contribution in [0.25, 0.3) is 0 Å². The predicted octanol–water partition coefficient (Wildman–Crippen LogP) is 3.73. The highest BCUT2D eigenvalue weighted by molar-refractivity contribution is 6.33. The molecule has 1 amide bonds. The van der Waals surface area contributed by atoms with Gasteiger partial charge in [-0.3, -0.25) is 4.79 Å². The van der Waals surface area contributed by atoms with Gasteiger partial charge in [0.05, 0.1) is 10.7 Å². The summed E-state index contributed by atoms with van der Waals surface area (Å²) in [6, 6.07) is 11.5. The Balaban J connectivity index is 1.58. The van der Waals surface area contributed by atoms with Crippen molar-refractivity contribution < 1.29 is 9.53 Å². The Morgan fingerprint density at radius 1 is 1.15 bits per heavy atom. The molecule has 0 spiro atoms. The number of nitrogens with one attached hydrogen (secondary N) is 1.